The standard InChI is InChI=1S/C18H18ClNO4/c1-3-23-16-7-5-4-6-15(16)18(22)24-12(2)17(21)20-14-10-8-13(19)9-11-14/h4-12H,3H2,1-2H3,(H,20,21)/t12-/m1/s1. The average Bonchev–Trinajstić information content (AvgIpc) is 2.57. The van der Waals surface area contributed by atoms with Crippen LogP contribution in [-0.2, 0) is 9.53 Å². The van der Waals surface area contributed by atoms with Gasteiger partial charge in [0.15, 0.2) is 6.10 Å². The molecule has 0 spiro atoms. The first-order chi connectivity index (χ1) is 11.5. The van der Waals surface area contributed by atoms with Crippen LogP contribution < -0.4 is 10.1 Å². The number of para-hydroxylation sites is 1. The summed E-state index contributed by atoms with van der Waals surface area (Å²) in [7, 11) is 0. The molecule has 0 aliphatic carbocycles. The lowest BCUT2D eigenvalue weighted by Crippen LogP contribution is -2.30. The van der Waals surface area contributed by atoms with Crippen molar-refractivity contribution in [1.82, 2.24) is 0 Å². The van der Waals surface area contributed by atoms with E-state index in [1.54, 1.807) is 48.5 Å². The number of nitrogens with one attached hydrogen (secondary N) is 1. The van der Waals surface area contributed by atoms with Gasteiger partial charge in [-0.1, -0.05) is 23.7 Å². The van der Waals surface area contributed by atoms with Crippen LogP contribution in [0, 0.1) is 0 Å². The van der Waals surface area contributed by atoms with Crippen molar-refractivity contribution in [2.24, 2.45) is 0 Å². The number of benzene rings is 2. The van der Waals surface area contributed by atoms with E-state index in [4.69, 9.17) is 21.1 Å². The van der Waals surface area contributed by atoms with E-state index in [0.717, 1.165) is 0 Å². The molecule has 1 amide bonds. The Kier molecular flexibility index (Phi) is 6.21. The summed E-state index contributed by atoms with van der Waals surface area (Å²) in [5, 5.41) is 3.23. The number of hydrogen-bond acceptors (Lipinski definition) is 4. The molecule has 6 heteroatoms. The summed E-state index contributed by atoms with van der Waals surface area (Å²) in [4.78, 5) is 24.4. The summed E-state index contributed by atoms with van der Waals surface area (Å²) in [5.41, 5.74) is 0.854. The molecule has 0 fully saturated rings. The van der Waals surface area contributed by atoms with Crippen molar-refractivity contribution in [3.63, 3.8) is 0 Å². The van der Waals surface area contributed by atoms with Crippen LogP contribution in [0.15, 0.2) is 48.5 Å². The summed E-state index contributed by atoms with van der Waals surface area (Å²) in [6, 6.07) is 13.4. The smallest absolute Gasteiger partial charge is 0.342 e. The number of rotatable bonds is 6. The SMILES string of the molecule is CCOc1ccccc1C(=O)O[C@H](C)C(=O)Nc1ccc(Cl)cc1. The van der Waals surface area contributed by atoms with Crippen LogP contribution in [0.2, 0.25) is 5.02 Å². The van der Waals surface area contributed by atoms with Crippen molar-refractivity contribution in [2.75, 3.05) is 11.9 Å². The molecule has 0 heterocycles. The Hall–Kier alpha value is -2.53. The first kappa shape index (κ1) is 17.8. The van der Waals surface area contributed by atoms with E-state index in [1.807, 2.05) is 6.92 Å². The Labute approximate surface area is 145 Å². The highest BCUT2D eigenvalue weighted by molar-refractivity contribution is 6.30. The molecule has 1 atom stereocenters. The molecule has 2 aromatic carbocycles. The van der Waals surface area contributed by atoms with Gasteiger partial charge in [-0.3, -0.25) is 4.79 Å². The summed E-state index contributed by atoms with van der Waals surface area (Å²) in [6.45, 7) is 3.76. The second-order valence-corrected chi connectivity index (χ2v) is 5.41. The maximum Gasteiger partial charge on any atom is 0.342 e. The molecule has 126 valence electrons. The van der Waals surface area contributed by atoms with E-state index in [0.29, 0.717) is 23.1 Å². The minimum absolute atomic E-state index is 0.283. The zero-order valence-electron chi connectivity index (χ0n) is 13.4. The fraction of sp³-hybridized carbons (Fsp3) is 0.222. The van der Waals surface area contributed by atoms with Crippen molar-refractivity contribution >= 4 is 29.2 Å². The minimum atomic E-state index is -0.956. The summed E-state index contributed by atoms with van der Waals surface area (Å²) in [6.07, 6.45) is -0.956. The van der Waals surface area contributed by atoms with Crippen LogP contribution in [0.4, 0.5) is 5.69 Å². The Morgan fingerprint density at radius 2 is 1.79 bits per heavy atom. The number of hydrogen-bond donors (Lipinski definition) is 1. The van der Waals surface area contributed by atoms with E-state index in [9.17, 15) is 9.59 Å². The predicted octanol–water partition coefficient (Wildman–Crippen LogP) is 3.92. The van der Waals surface area contributed by atoms with Gasteiger partial charge in [-0.2, -0.15) is 0 Å². The number of carbonyl (C=O) groups is 2. The summed E-state index contributed by atoms with van der Waals surface area (Å²) < 4.78 is 10.6. The molecule has 0 aliphatic heterocycles. The number of amides is 1. The topological polar surface area (TPSA) is 64.6 Å². The molecule has 0 aromatic heterocycles. The highest BCUT2D eigenvalue weighted by atomic mass is 35.5. The molecule has 0 saturated heterocycles. The van der Waals surface area contributed by atoms with Gasteiger partial charge in [0.1, 0.15) is 11.3 Å². The molecule has 0 radical (unpaired) electrons. The Morgan fingerprint density at radius 1 is 1.12 bits per heavy atom. The monoisotopic (exact) mass is 347 g/mol. The minimum Gasteiger partial charge on any atom is -0.493 e. The van der Waals surface area contributed by atoms with Crippen LogP contribution in [-0.4, -0.2) is 24.6 Å². The van der Waals surface area contributed by atoms with Crippen LogP contribution in [0.25, 0.3) is 0 Å². The lowest BCUT2D eigenvalue weighted by molar-refractivity contribution is -0.123. The molecular weight excluding hydrogens is 330 g/mol. The van der Waals surface area contributed by atoms with Crippen LogP contribution in [0.1, 0.15) is 24.2 Å². The zero-order chi connectivity index (χ0) is 17.5. The molecule has 1 N–H and O–H groups in total. The Morgan fingerprint density at radius 3 is 2.46 bits per heavy atom. The largest absolute Gasteiger partial charge is 0.493 e. The number of ether oxygens (including phenoxy) is 2. The van der Waals surface area contributed by atoms with E-state index >= 15 is 0 Å². The zero-order valence-corrected chi connectivity index (χ0v) is 14.2. The third kappa shape index (κ3) is 4.73. The lowest BCUT2D eigenvalue weighted by atomic mass is 10.2. The van der Waals surface area contributed by atoms with Crippen LogP contribution in [0.5, 0.6) is 5.75 Å². The molecule has 0 saturated carbocycles. The quantitative estimate of drug-likeness (QED) is 0.804. The van der Waals surface area contributed by atoms with E-state index in [-0.39, 0.29) is 5.56 Å². The lowest BCUT2D eigenvalue weighted by Gasteiger charge is -2.15. The van der Waals surface area contributed by atoms with E-state index < -0.39 is 18.0 Å². The number of halogens is 1. The van der Waals surface area contributed by atoms with Gasteiger partial charge >= 0.3 is 5.97 Å². The normalized spacial score (nSPS) is 11.5. The third-order valence-electron chi connectivity index (χ3n) is 3.17. The maximum absolute atomic E-state index is 12.3. The first-order valence-corrected chi connectivity index (χ1v) is 7.88. The molecule has 0 aliphatic rings. The van der Waals surface area contributed by atoms with E-state index in [1.165, 1.54) is 6.92 Å². The molecule has 2 rings (SSSR count). The van der Waals surface area contributed by atoms with Crippen molar-refractivity contribution in [3.8, 4) is 5.75 Å². The first-order valence-electron chi connectivity index (χ1n) is 7.50. The van der Waals surface area contributed by atoms with Gasteiger partial charge in [0.2, 0.25) is 0 Å². The Bertz CT molecular complexity index is 715. The number of carbonyl (C=O) groups excluding carboxylic acids is 2. The van der Waals surface area contributed by atoms with Crippen molar-refractivity contribution < 1.29 is 19.1 Å². The molecule has 0 unspecified atom stereocenters. The van der Waals surface area contributed by atoms with Crippen molar-refractivity contribution in [1.29, 1.82) is 0 Å². The number of anilines is 1. The average molecular weight is 348 g/mol. The van der Waals surface area contributed by atoms with Gasteiger partial charge in [-0.05, 0) is 50.2 Å². The van der Waals surface area contributed by atoms with Gasteiger partial charge < -0.3 is 14.8 Å². The van der Waals surface area contributed by atoms with Gasteiger partial charge in [-0.15, -0.1) is 0 Å². The second-order valence-electron chi connectivity index (χ2n) is 4.97. The van der Waals surface area contributed by atoms with Gasteiger partial charge in [0, 0.05) is 10.7 Å². The molecule has 0 bridgehead atoms. The van der Waals surface area contributed by atoms with E-state index in [2.05, 4.69) is 5.32 Å². The van der Waals surface area contributed by atoms with Crippen LogP contribution in [0.3, 0.4) is 0 Å². The third-order valence-corrected chi connectivity index (χ3v) is 3.42. The van der Waals surface area contributed by atoms with Gasteiger partial charge in [0.05, 0.1) is 6.61 Å². The molecular formula is C18H18ClNO4. The number of esters is 1. The molecule has 24 heavy (non-hydrogen) atoms. The molecule has 2 aromatic rings. The van der Waals surface area contributed by atoms with Crippen molar-refractivity contribution in [3.05, 3.63) is 59.1 Å². The summed E-state index contributed by atoms with van der Waals surface area (Å²) in [5.74, 6) is -0.618. The highest BCUT2D eigenvalue weighted by Gasteiger charge is 2.21. The summed E-state index contributed by atoms with van der Waals surface area (Å²) >= 11 is 5.79. The van der Waals surface area contributed by atoms with Crippen LogP contribution >= 0.6 is 11.6 Å². The van der Waals surface area contributed by atoms with Gasteiger partial charge in [0.25, 0.3) is 5.91 Å². The maximum atomic E-state index is 12.3. The van der Waals surface area contributed by atoms with Gasteiger partial charge in [-0.25, -0.2) is 4.79 Å². The predicted molar refractivity (Wildman–Crippen MR) is 92.6 cm³/mol. The fourth-order valence-electron chi connectivity index (χ4n) is 1.97. The van der Waals surface area contributed by atoms with Crippen molar-refractivity contribution in [2.45, 2.75) is 20.0 Å². The fourth-order valence-corrected chi connectivity index (χ4v) is 2.10. The molecule has 5 nitrogen and oxygen atoms in total. The highest BCUT2D eigenvalue weighted by Crippen LogP contribution is 2.20. The Balaban J connectivity index is 2.00. The second kappa shape index (κ2) is 8.36.